The third-order valence-electron chi connectivity index (χ3n) is 15.4. The summed E-state index contributed by atoms with van der Waals surface area (Å²) in [6, 6.07) is 16.5. The number of benzene rings is 2. The van der Waals surface area contributed by atoms with Gasteiger partial charge in [0, 0.05) is 73.1 Å². The number of aryl methyl sites for hydroxylation is 2. The van der Waals surface area contributed by atoms with Gasteiger partial charge in [0.05, 0.1) is 47.0 Å². The number of hydrogen-bond acceptors (Lipinski definition) is 11. The van der Waals surface area contributed by atoms with Crippen LogP contribution >= 0.6 is 0 Å². The van der Waals surface area contributed by atoms with Crippen LogP contribution in [0.5, 0.6) is 0 Å². The molecular formula is C56H55F3N14O4. The third-order valence-corrected chi connectivity index (χ3v) is 15.4. The predicted octanol–water partition coefficient (Wildman–Crippen LogP) is 9.01. The highest BCUT2D eigenvalue weighted by Gasteiger charge is 2.54. The number of likely N-dealkylation sites (N-methyl/N-ethyl adjacent to an activating group) is 1. The molecule has 3 amide bonds. The van der Waals surface area contributed by atoms with Gasteiger partial charge in [-0.3, -0.25) is 24.2 Å². The fraction of sp³-hybridized carbons (Fsp3) is 0.357. The smallest absolute Gasteiger partial charge is 0.372 e. The van der Waals surface area contributed by atoms with Crippen molar-refractivity contribution in [3.8, 4) is 34.4 Å². The second-order valence-corrected chi connectivity index (χ2v) is 21.2. The summed E-state index contributed by atoms with van der Waals surface area (Å²) in [4.78, 5) is 68.9. The molecule has 77 heavy (non-hydrogen) atoms. The van der Waals surface area contributed by atoms with Crippen LogP contribution < -0.4 is 15.1 Å². The summed E-state index contributed by atoms with van der Waals surface area (Å²) in [6.45, 7) is 11.7. The van der Waals surface area contributed by atoms with Crippen molar-refractivity contribution in [1.29, 1.82) is 0 Å². The molecule has 0 spiro atoms. The molecular weight excluding hydrogens is 990 g/mol. The van der Waals surface area contributed by atoms with Gasteiger partial charge in [-0.1, -0.05) is 24.3 Å². The minimum atomic E-state index is -4.93. The van der Waals surface area contributed by atoms with Crippen LogP contribution in [0.4, 0.5) is 24.8 Å². The van der Waals surface area contributed by atoms with Gasteiger partial charge < -0.3 is 28.7 Å². The Labute approximate surface area is 440 Å². The maximum absolute atomic E-state index is 15.0. The number of aliphatic hydroxyl groups is 1. The number of nitrogens with zero attached hydrogens (tertiary/aromatic N) is 13. The van der Waals surface area contributed by atoms with Crippen molar-refractivity contribution in [1.82, 2.24) is 58.7 Å². The number of hydrogen-bond donors (Lipinski definition) is 2. The summed E-state index contributed by atoms with van der Waals surface area (Å²) in [7, 11) is 1.59. The van der Waals surface area contributed by atoms with E-state index in [0.29, 0.717) is 56.4 Å². The molecule has 2 aliphatic carbocycles. The molecule has 0 saturated heterocycles. The van der Waals surface area contributed by atoms with Crippen LogP contribution in [-0.4, -0.2) is 102 Å². The standard InChI is InChI=1S/C56H55F3N14O4/c1-28(2)70-24-44(66-50(70)40-10-8-12-47(64-40)71-21-39(52(74)60-7)33-16-30(5)45(19-37(33)53(71)75)68-22-42(61-25-68)32-14-15-32)35-18-34(35)43-23-69(26-62-43)46-20-38-36(17-31(46)6)49(56(57,58)59)55(77)73(54(38)76)48-13-9-11-41(65-48)51-67-63-27-72(51)29(3)4/h8-13,16-17,19-20,22-29,32,34-35,39,49,55,77H,14-15,18,21H2,1-7H3,(H,60,74). The van der Waals surface area contributed by atoms with Gasteiger partial charge in [0.25, 0.3) is 11.8 Å². The number of rotatable bonds is 12. The largest absolute Gasteiger partial charge is 0.400 e. The van der Waals surface area contributed by atoms with E-state index in [1.807, 2.05) is 68.2 Å². The molecule has 2 aliphatic heterocycles. The first-order chi connectivity index (χ1) is 36.9. The minimum Gasteiger partial charge on any atom is -0.372 e. The van der Waals surface area contributed by atoms with Crippen molar-refractivity contribution >= 4 is 29.4 Å². The zero-order chi connectivity index (χ0) is 53.9. The molecule has 2 fully saturated rings. The Kier molecular flexibility index (Phi) is 11.9. The summed E-state index contributed by atoms with van der Waals surface area (Å²) in [5.74, 6) is -2.83. The second kappa shape index (κ2) is 18.5. The number of nitrogens with one attached hydrogen (secondary N) is 1. The van der Waals surface area contributed by atoms with Gasteiger partial charge in [-0.25, -0.2) is 24.9 Å². The van der Waals surface area contributed by atoms with Gasteiger partial charge in [0.1, 0.15) is 35.3 Å². The third kappa shape index (κ3) is 8.56. The molecule has 8 heterocycles. The van der Waals surface area contributed by atoms with E-state index in [9.17, 15) is 19.5 Å². The second-order valence-electron chi connectivity index (χ2n) is 21.2. The lowest BCUT2D eigenvalue weighted by atomic mass is 9.85. The van der Waals surface area contributed by atoms with Gasteiger partial charge >= 0.3 is 6.18 Å². The SMILES string of the molecule is CNC(=O)C1CN(c2cccc(-c3nc(C4CC4c4cn(-c5cc6c(cc5C)C(C(F)(F)F)C(O)N(c5cccc(-c7nncn7C(C)C)n5)C6=O)cn4)cn3C(C)C)n2)C(=O)c2cc(-n3cnc(C4CC4)c3)c(C)cc21. The number of fused-ring (bicyclic) bond motifs is 2. The number of anilines is 2. The van der Waals surface area contributed by atoms with E-state index in [2.05, 4.69) is 43.9 Å². The molecule has 6 aromatic heterocycles. The number of halogens is 3. The molecule has 21 heteroatoms. The molecule has 0 bridgehead atoms. The molecule has 2 aromatic carbocycles. The average molecular weight is 1050 g/mol. The number of pyridine rings is 2. The first kappa shape index (κ1) is 49.5. The quantitative estimate of drug-likeness (QED) is 0.118. The Morgan fingerprint density at radius 3 is 1.96 bits per heavy atom. The molecule has 12 rings (SSSR count). The van der Waals surface area contributed by atoms with E-state index >= 15 is 13.2 Å². The molecule has 394 valence electrons. The van der Waals surface area contributed by atoms with Crippen molar-refractivity contribution < 1.29 is 32.7 Å². The highest BCUT2D eigenvalue weighted by atomic mass is 19.4. The van der Waals surface area contributed by atoms with E-state index < -0.39 is 30.1 Å². The van der Waals surface area contributed by atoms with Crippen LogP contribution in [-0.2, 0) is 4.79 Å². The number of carbonyl (C=O) groups is 3. The number of amides is 3. The predicted molar refractivity (Wildman–Crippen MR) is 278 cm³/mol. The number of alkyl halides is 3. The maximum Gasteiger partial charge on any atom is 0.400 e. The van der Waals surface area contributed by atoms with Gasteiger partial charge in [0.2, 0.25) is 5.91 Å². The van der Waals surface area contributed by atoms with Crippen LogP contribution in [0.1, 0.15) is 149 Å². The van der Waals surface area contributed by atoms with Crippen molar-refractivity contribution in [3.63, 3.8) is 0 Å². The van der Waals surface area contributed by atoms with Crippen LogP contribution in [0.15, 0.2) is 98.2 Å². The molecule has 2 N–H and O–H groups in total. The van der Waals surface area contributed by atoms with Crippen LogP contribution in [0.2, 0.25) is 0 Å². The molecule has 8 aromatic rings. The van der Waals surface area contributed by atoms with Gasteiger partial charge in [-0.05, 0) is 119 Å². The van der Waals surface area contributed by atoms with Crippen molar-refractivity contribution in [2.75, 3.05) is 23.4 Å². The Morgan fingerprint density at radius 1 is 0.714 bits per heavy atom. The Balaban J connectivity index is 0.818. The number of carbonyl (C=O) groups excluding carboxylic acids is 3. The molecule has 5 atom stereocenters. The van der Waals surface area contributed by atoms with E-state index in [4.69, 9.17) is 15.0 Å². The molecule has 4 aliphatic rings. The average Bonchev–Trinajstić information content (AvgIpc) is 4.09. The monoisotopic (exact) mass is 1040 g/mol. The zero-order valence-electron chi connectivity index (χ0n) is 43.3. The summed E-state index contributed by atoms with van der Waals surface area (Å²) in [5.41, 5.74) is 6.56. The highest BCUT2D eigenvalue weighted by Crippen LogP contribution is 2.54. The van der Waals surface area contributed by atoms with E-state index in [-0.39, 0.29) is 64.9 Å². The lowest BCUT2D eigenvalue weighted by Crippen LogP contribution is -2.52. The summed E-state index contributed by atoms with van der Waals surface area (Å²) >= 11 is 0. The van der Waals surface area contributed by atoms with E-state index in [0.717, 1.165) is 47.6 Å². The number of aromatic nitrogens is 11. The first-order valence-corrected chi connectivity index (χ1v) is 25.8. The normalized spacial score (nSPS) is 20.3. The summed E-state index contributed by atoms with van der Waals surface area (Å²) < 4.78 is 52.5. The Bertz CT molecular complexity index is 3680. The van der Waals surface area contributed by atoms with Gasteiger partial charge in [0.15, 0.2) is 17.9 Å². The lowest BCUT2D eigenvalue weighted by molar-refractivity contribution is -0.172. The topological polar surface area (TPSA) is 200 Å². The van der Waals surface area contributed by atoms with Crippen molar-refractivity contribution in [2.45, 2.75) is 115 Å². The Hall–Kier alpha value is -8.33. The molecule has 0 radical (unpaired) electrons. The highest BCUT2D eigenvalue weighted by molar-refractivity contribution is 6.11. The fourth-order valence-electron chi connectivity index (χ4n) is 11.1. The summed E-state index contributed by atoms with van der Waals surface area (Å²) in [5, 5.41) is 22.4. The molecule has 5 unspecified atom stereocenters. The van der Waals surface area contributed by atoms with Crippen molar-refractivity contribution in [3.05, 3.63) is 149 Å². The fourth-order valence-corrected chi connectivity index (χ4v) is 11.1. The number of imidazole rings is 3. The molecule has 2 saturated carbocycles. The van der Waals surface area contributed by atoms with Crippen LogP contribution in [0.3, 0.4) is 0 Å². The molecule has 18 nitrogen and oxygen atoms in total. The lowest BCUT2D eigenvalue weighted by Gasteiger charge is -2.39. The summed E-state index contributed by atoms with van der Waals surface area (Å²) in [6.07, 6.45) is 6.48. The maximum atomic E-state index is 15.0. The van der Waals surface area contributed by atoms with Crippen molar-refractivity contribution in [2.24, 2.45) is 0 Å². The number of aliphatic hydroxyl groups excluding tert-OH is 1. The van der Waals surface area contributed by atoms with Crippen LogP contribution in [0.25, 0.3) is 34.4 Å². The van der Waals surface area contributed by atoms with E-state index in [1.54, 1.807) is 58.9 Å². The minimum absolute atomic E-state index is 0.0190. The Morgan fingerprint density at radius 2 is 1.31 bits per heavy atom. The zero-order valence-corrected chi connectivity index (χ0v) is 43.3. The van der Waals surface area contributed by atoms with E-state index in [1.165, 1.54) is 24.5 Å². The van der Waals surface area contributed by atoms with Gasteiger partial charge in [-0.15, -0.1) is 10.2 Å². The van der Waals surface area contributed by atoms with Gasteiger partial charge in [-0.2, -0.15) is 13.2 Å². The van der Waals surface area contributed by atoms with Crippen LogP contribution in [0, 0.1) is 13.8 Å². The first-order valence-electron chi connectivity index (χ1n) is 25.8.